The molecule has 14 heavy (non-hydrogen) atoms. The second-order valence-corrected chi connectivity index (χ2v) is 5.91. The van der Waals surface area contributed by atoms with Crippen molar-refractivity contribution in [3.05, 3.63) is 0 Å². The van der Waals surface area contributed by atoms with Crippen LogP contribution in [0.3, 0.4) is 0 Å². The highest BCUT2D eigenvalue weighted by atomic mass is 15.0. The van der Waals surface area contributed by atoms with Crippen molar-refractivity contribution in [3.8, 4) is 0 Å². The van der Waals surface area contributed by atoms with Crippen LogP contribution >= 0.6 is 0 Å². The fraction of sp³-hybridized carbons (Fsp3) is 1.00. The monoisotopic (exact) mass is 197 g/mol. The summed E-state index contributed by atoms with van der Waals surface area (Å²) in [5.41, 5.74) is 0. The van der Waals surface area contributed by atoms with Gasteiger partial charge in [0.2, 0.25) is 0 Å². The van der Waals surface area contributed by atoms with E-state index in [9.17, 15) is 0 Å². The van der Waals surface area contributed by atoms with E-state index in [2.05, 4.69) is 46.9 Å². The van der Waals surface area contributed by atoms with Gasteiger partial charge in [-0.15, -0.1) is 0 Å². The molecule has 1 saturated heterocycles. The summed E-state index contributed by atoms with van der Waals surface area (Å²) in [6.07, 6.45) is 0. The molecule has 0 amide bonds. The topological polar surface area (TPSA) is 12.0 Å². The molecule has 0 spiro atoms. The zero-order chi connectivity index (χ0) is 10.9. The zero-order valence-electron chi connectivity index (χ0n) is 10.7. The molecule has 0 radical (unpaired) electrons. The molecule has 1 fully saturated rings. The molecule has 0 saturated carbocycles. The van der Waals surface area contributed by atoms with E-state index in [1.54, 1.807) is 0 Å². The van der Waals surface area contributed by atoms with Gasteiger partial charge in [0.25, 0.3) is 0 Å². The Kier molecular flexibility index (Phi) is 4.00. The second-order valence-electron chi connectivity index (χ2n) is 5.91. The first-order valence-electron chi connectivity index (χ1n) is 6.18. The summed E-state index contributed by atoms with van der Waals surface area (Å²) in [6.45, 7) is 15.4. The van der Waals surface area contributed by atoms with Crippen LogP contribution in [0.2, 0.25) is 0 Å². The van der Waals surface area contributed by atoms with Gasteiger partial charge >= 0.3 is 0 Å². The van der Waals surface area contributed by atoms with E-state index in [1.807, 2.05) is 0 Å². The molecule has 0 aromatic rings. The first kappa shape index (κ1) is 12.0. The fourth-order valence-electron chi connectivity index (χ4n) is 3.08. The molecule has 1 aliphatic rings. The summed E-state index contributed by atoms with van der Waals surface area (Å²) in [4.78, 5) is 0. The molecule has 1 aliphatic heterocycles. The van der Waals surface area contributed by atoms with Gasteiger partial charge in [-0.2, -0.15) is 0 Å². The van der Waals surface area contributed by atoms with E-state index in [0.29, 0.717) is 0 Å². The maximum Gasteiger partial charge on any atom is 0.0124 e. The third-order valence-corrected chi connectivity index (χ3v) is 3.84. The maximum absolute atomic E-state index is 3.72. The van der Waals surface area contributed by atoms with Crippen molar-refractivity contribution in [2.45, 2.75) is 47.6 Å². The summed E-state index contributed by atoms with van der Waals surface area (Å²) < 4.78 is 0. The Bertz CT molecular complexity index is 156. The van der Waals surface area contributed by atoms with Crippen LogP contribution in [-0.4, -0.2) is 12.6 Å². The summed E-state index contributed by atoms with van der Waals surface area (Å²) in [5, 5.41) is 3.72. The molecule has 0 aliphatic carbocycles. The molecule has 1 N–H and O–H groups in total. The standard InChI is InChI=1S/C13H27N/c1-8(2)11-7-14-13(10(5)6)12(11)9(3)4/h8-14H,7H2,1-6H3. The third-order valence-electron chi connectivity index (χ3n) is 3.84. The molecule has 84 valence electrons. The van der Waals surface area contributed by atoms with Gasteiger partial charge in [0.1, 0.15) is 0 Å². The largest absolute Gasteiger partial charge is 0.313 e. The van der Waals surface area contributed by atoms with Crippen molar-refractivity contribution in [3.63, 3.8) is 0 Å². The zero-order valence-corrected chi connectivity index (χ0v) is 10.7. The number of nitrogens with one attached hydrogen (secondary N) is 1. The average molecular weight is 197 g/mol. The van der Waals surface area contributed by atoms with Gasteiger partial charge < -0.3 is 5.32 Å². The lowest BCUT2D eigenvalue weighted by Crippen LogP contribution is -2.35. The van der Waals surface area contributed by atoms with Crippen molar-refractivity contribution >= 4 is 0 Å². The number of hydrogen-bond acceptors (Lipinski definition) is 1. The first-order valence-corrected chi connectivity index (χ1v) is 6.18. The van der Waals surface area contributed by atoms with Crippen LogP contribution in [0.5, 0.6) is 0 Å². The minimum atomic E-state index is 0.738. The minimum absolute atomic E-state index is 0.738. The van der Waals surface area contributed by atoms with Crippen LogP contribution in [0, 0.1) is 29.6 Å². The average Bonchev–Trinajstić information content (AvgIpc) is 2.46. The Balaban J connectivity index is 2.74. The van der Waals surface area contributed by atoms with E-state index in [0.717, 1.165) is 35.6 Å². The van der Waals surface area contributed by atoms with Gasteiger partial charge in [-0.1, -0.05) is 41.5 Å². The van der Waals surface area contributed by atoms with E-state index < -0.39 is 0 Å². The Morgan fingerprint density at radius 3 is 1.79 bits per heavy atom. The molecule has 0 bridgehead atoms. The minimum Gasteiger partial charge on any atom is -0.313 e. The Morgan fingerprint density at radius 1 is 0.857 bits per heavy atom. The van der Waals surface area contributed by atoms with Gasteiger partial charge in [-0.25, -0.2) is 0 Å². The quantitative estimate of drug-likeness (QED) is 0.733. The van der Waals surface area contributed by atoms with Crippen LogP contribution in [0.25, 0.3) is 0 Å². The molecule has 0 aromatic heterocycles. The van der Waals surface area contributed by atoms with E-state index in [4.69, 9.17) is 0 Å². The van der Waals surface area contributed by atoms with Crippen LogP contribution < -0.4 is 5.32 Å². The van der Waals surface area contributed by atoms with Gasteiger partial charge in [0.15, 0.2) is 0 Å². The molecular weight excluding hydrogens is 170 g/mol. The summed E-state index contributed by atoms with van der Waals surface area (Å²) in [6, 6.07) is 0.738. The molecule has 1 heteroatoms. The molecule has 1 nitrogen and oxygen atoms in total. The van der Waals surface area contributed by atoms with Crippen molar-refractivity contribution in [2.24, 2.45) is 29.6 Å². The normalized spacial score (nSPS) is 33.6. The van der Waals surface area contributed by atoms with E-state index in [1.165, 1.54) is 6.54 Å². The van der Waals surface area contributed by atoms with Gasteiger partial charge in [-0.3, -0.25) is 0 Å². The summed E-state index contributed by atoms with van der Waals surface area (Å²) in [5.74, 6) is 4.15. The third kappa shape index (κ3) is 2.31. The summed E-state index contributed by atoms with van der Waals surface area (Å²) in [7, 11) is 0. The predicted octanol–water partition coefficient (Wildman–Crippen LogP) is 3.16. The molecule has 3 unspecified atom stereocenters. The molecule has 0 aromatic carbocycles. The summed E-state index contributed by atoms with van der Waals surface area (Å²) >= 11 is 0. The van der Waals surface area contributed by atoms with Crippen molar-refractivity contribution < 1.29 is 0 Å². The van der Waals surface area contributed by atoms with Crippen LogP contribution in [0.1, 0.15) is 41.5 Å². The lowest BCUT2D eigenvalue weighted by molar-refractivity contribution is 0.200. The van der Waals surface area contributed by atoms with Gasteiger partial charge in [0.05, 0.1) is 0 Å². The van der Waals surface area contributed by atoms with E-state index in [-0.39, 0.29) is 0 Å². The Morgan fingerprint density at radius 2 is 1.43 bits per heavy atom. The van der Waals surface area contributed by atoms with Crippen molar-refractivity contribution in [1.29, 1.82) is 0 Å². The molecular formula is C13H27N. The van der Waals surface area contributed by atoms with Gasteiger partial charge in [-0.05, 0) is 36.1 Å². The Labute approximate surface area is 89.7 Å². The number of hydrogen-bond donors (Lipinski definition) is 1. The fourth-order valence-corrected chi connectivity index (χ4v) is 3.08. The van der Waals surface area contributed by atoms with Gasteiger partial charge in [0, 0.05) is 6.04 Å². The highest BCUT2D eigenvalue weighted by molar-refractivity contribution is 4.94. The predicted molar refractivity (Wildman–Crippen MR) is 63.3 cm³/mol. The highest BCUT2D eigenvalue weighted by Crippen LogP contribution is 2.36. The van der Waals surface area contributed by atoms with Crippen molar-refractivity contribution in [1.82, 2.24) is 5.32 Å². The van der Waals surface area contributed by atoms with Crippen LogP contribution in [-0.2, 0) is 0 Å². The SMILES string of the molecule is CC(C)C1CNC(C(C)C)C1C(C)C. The van der Waals surface area contributed by atoms with Crippen LogP contribution in [0.15, 0.2) is 0 Å². The number of rotatable bonds is 3. The first-order chi connectivity index (χ1) is 6.45. The van der Waals surface area contributed by atoms with E-state index >= 15 is 0 Å². The molecule has 1 rings (SSSR count). The lowest BCUT2D eigenvalue weighted by Gasteiger charge is -2.31. The molecule has 1 heterocycles. The second kappa shape index (κ2) is 4.65. The lowest BCUT2D eigenvalue weighted by atomic mass is 9.74. The maximum atomic E-state index is 3.72. The Hall–Kier alpha value is -0.0400. The highest BCUT2D eigenvalue weighted by Gasteiger charge is 2.39. The van der Waals surface area contributed by atoms with Crippen LogP contribution in [0.4, 0.5) is 0 Å². The van der Waals surface area contributed by atoms with Crippen molar-refractivity contribution in [2.75, 3.05) is 6.54 Å². The smallest absolute Gasteiger partial charge is 0.0124 e. The molecule has 3 atom stereocenters.